The normalized spacial score (nSPS) is 19.4. The summed E-state index contributed by atoms with van der Waals surface area (Å²) in [6, 6.07) is 0. The van der Waals surface area contributed by atoms with Crippen molar-refractivity contribution in [1.82, 2.24) is 0 Å². The molecule has 3 rings (SSSR count). The van der Waals surface area contributed by atoms with Crippen LogP contribution in [0.5, 0.6) is 17.2 Å². The molecule has 0 aliphatic carbocycles. The van der Waals surface area contributed by atoms with Crippen molar-refractivity contribution in [3.8, 4) is 17.2 Å². The van der Waals surface area contributed by atoms with Crippen LogP contribution in [0.1, 0.15) is 18.1 Å². The summed E-state index contributed by atoms with van der Waals surface area (Å²) in [7, 11) is 3.78. The van der Waals surface area contributed by atoms with Crippen molar-refractivity contribution >= 4 is 11.6 Å². The summed E-state index contributed by atoms with van der Waals surface area (Å²) in [5.74, 6) is 1.82. The van der Waals surface area contributed by atoms with Gasteiger partial charge in [-0.2, -0.15) is 0 Å². The summed E-state index contributed by atoms with van der Waals surface area (Å²) in [6.45, 7) is 3.52. The second-order valence-corrected chi connectivity index (χ2v) is 5.25. The van der Waals surface area contributed by atoms with Gasteiger partial charge >= 0.3 is 0 Å². The van der Waals surface area contributed by atoms with Gasteiger partial charge in [0, 0.05) is 13.3 Å². The number of anilines is 1. The molecule has 0 fully saturated rings. The van der Waals surface area contributed by atoms with Gasteiger partial charge in [-0.1, -0.05) is 0 Å². The van der Waals surface area contributed by atoms with Crippen LogP contribution >= 0.6 is 0 Å². The first-order valence-corrected chi connectivity index (χ1v) is 6.72. The van der Waals surface area contributed by atoms with Crippen LogP contribution in [0, 0.1) is 0 Å². The van der Waals surface area contributed by atoms with Crippen LogP contribution in [0.4, 0.5) is 5.69 Å². The molecule has 2 aliphatic heterocycles. The molecule has 0 radical (unpaired) electrons. The van der Waals surface area contributed by atoms with Gasteiger partial charge in [0.25, 0.3) is 0 Å². The van der Waals surface area contributed by atoms with Gasteiger partial charge in [-0.05, 0) is 5.56 Å². The number of nitrogens with one attached hydrogen (secondary N) is 2. The molecule has 0 bridgehead atoms. The fourth-order valence-corrected chi connectivity index (χ4v) is 2.91. The average Bonchev–Trinajstić information content (AvgIpc) is 2.87. The third-order valence-corrected chi connectivity index (χ3v) is 3.77. The number of methoxy groups -OCH3 is 1. The highest BCUT2D eigenvalue weighted by molar-refractivity contribution is 5.93. The minimum atomic E-state index is -0.110. The molecule has 2 heterocycles. The van der Waals surface area contributed by atoms with Gasteiger partial charge in [-0.25, -0.2) is 0 Å². The van der Waals surface area contributed by atoms with Crippen LogP contribution in [0.2, 0.25) is 0 Å². The number of hydrogen-bond acceptors (Lipinski definition) is 4. The third-order valence-electron chi connectivity index (χ3n) is 3.77. The summed E-state index contributed by atoms with van der Waals surface area (Å²) in [5.41, 5.74) is 2.95. The van der Waals surface area contributed by atoms with Crippen LogP contribution < -0.4 is 24.4 Å². The van der Waals surface area contributed by atoms with Crippen molar-refractivity contribution in [2.24, 2.45) is 0 Å². The molecule has 1 amide bonds. The maximum Gasteiger partial charge on any atom is 0.231 e. The quantitative estimate of drug-likeness (QED) is 0.797. The van der Waals surface area contributed by atoms with E-state index in [9.17, 15) is 4.79 Å². The highest BCUT2D eigenvalue weighted by atomic mass is 16.7. The van der Waals surface area contributed by atoms with E-state index >= 15 is 0 Å². The van der Waals surface area contributed by atoms with E-state index in [0.29, 0.717) is 11.5 Å². The first kappa shape index (κ1) is 13.1. The van der Waals surface area contributed by atoms with Crippen LogP contribution in [0.25, 0.3) is 0 Å². The van der Waals surface area contributed by atoms with Gasteiger partial charge in [0.1, 0.15) is 6.54 Å². The molecule has 1 aromatic rings. The summed E-state index contributed by atoms with van der Waals surface area (Å²) < 4.78 is 16.6. The van der Waals surface area contributed by atoms with Gasteiger partial charge in [0.05, 0.1) is 32.0 Å². The Kier molecular flexibility index (Phi) is 3.17. The minimum absolute atomic E-state index is 0.110. The Morgan fingerprint density at radius 3 is 2.75 bits per heavy atom. The van der Waals surface area contributed by atoms with Crippen molar-refractivity contribution in [2.75, 3.05) is 32.8 Å². The van der Waals surface area contributed by atoms with Gasteiger partial charge < -0.3 is 24.4 Å². The zero-order valence-corrected chi connectivity index (χ0v) is 12.0. The number of hydrogen-bond donors (Lipinski definition) is 2. The van der Waals surface area contributed by atoms with Crippen molar-refractivity contribution in [3.05, 3.63) is 11.1 Å². The van der Waals surface area contributed by atoms with Gasteiger partial charge in [-0.15, -0.1) is 0 Å². The van der Waals surface area contributed by atoms with Crippen LogP contribution in [0.3, 0.4) is 0 Å². The highest BCUT2D eigenvalue weighted by Gasteiger charge is 2.34. The molecule has 6 nitrogen and oxygen atoms in total. The fourth-order valence-electron chi connectivity index (χ4n) is 2.91. The molecule has 0 aromatic heterocycles. The number of benzene rings is 1. The molecule has 6 heteroatoms. The standard InChI is InChI=1S/C14H18N2O4/c1-8(17)15-11-9-4-5-16(2)6-10(9)12(18-3)14-13(11)19-7-20-14/h4-7H2,1-3H3,(H,15,17)/p+1. The monoisotopic (exact) mass is 279 g/mol. The number of quaternary nitrogens is 1. The van der Waals surface area contributed by atoms with Crippen molar-refractivity contribution in [3.63, 3.8) is 0 Å². The lowest BCUT2D eigenvalue weighted by Crippen LogP contribution is -3.08. The van der Waals surface area contributed by atoms with E-state index in [4.69, 9.17) is 14.2 Å². The number of ether oxygens (including phenoxy) is 3. The Morgan fingerprint density at radius 2 is 2.05 bits per heavy atom. The minimum Gasteiger partial charge on any atom is -0.492 e. The third kappa shape index (κ3) is 1.96. The van der Waals surface area contributed by atoms with Gasteiger partial charge in [0.15, 0.2) is 11.5 Å². The Labute approximate surface area is 117 Å². The van der Waals surface area contributed by atoms with Crippen molar-refractivity contribution in [1.29, 1.82) is 0 Å². The van der Waals surface area contributed by atoms with E-state index in [1.54, 1.807) is 7.11 Å². The van der Waals surface area contributed by atoms with Crippen LogP contribution in [-0.2, 0) is 17.8 Å². The van der Waals surface area contributed by atoms with Crippen LogP contribution in [0.15, 0.2) is 0 Å². The number of amides is 1. The lowest BCUT2D eigenvalue weighted by atomic mass is 9.95. The predicted octanol–water partition coefficient (Wildman–Crippen LogP) is -0.0469. The summed E-state index contributed by atoms with van der Waals surface area (Å²) >= 11 is 0. The summed E-state index contributed by atoms with van der Waals surface area (Å²) in [6.07, 6.45) is 0.879. The predicted molar refractivity (Wildman–Crippen MR) is 72.6 cm³/mol. The van der Waals surface area contributed by atoms with Crippen molar-refractivity contribution in [2.45, 2.75) is 19.9 Å². The van der Waals surface area contributed by atoms with E-state index in [1.807, 2.05) is 0 Å². The number of fused-ring (bicyclic) bond motifs is 2. The number of carbonyl (C=O) groups excluding carboxylic acids is 1. The molecule has 1 atom stereocenters. The zero-order chi connectivity index (χ0) is 14.3. The molecule has 2 aliphatic rings. The van der Waals surface area contributed by atoms with Gasteiger partial charge in [0.2, 0.25) is 18.4 Å². The Bertz CT molecular complexity index is 571. The molecule has 1 aromatic carbocycles. The van der Waals surface area contributed by atoms with Crippen molar-refractivity contribution < 1.29 is 23.9 Å². The number of rotatable bonds is 2. The largest absolute Gasteiger partial charge is 0.492 e. The molecular formula is C14H19N2O4+. The Balaban J connectivity index is 2.22. The highest BCUT2D eigenvalue weighted by Crippen LogP contribution is 2.51. The molecule has 108 valence electrons. The van der Waals surface area contributed by atoms with E-state index in [1.165, 1.54) is 11.8 Å². The summed E-state index contributed by atoms with van der Waals surface area (Å²) in [5, 5.41) is 2.89. The molecule has 0 saturated carbocycles. The van der Waals surface area contributed by atoms with Crippen LogP contribution in [-0.4, -0.2) is 33.4 Å². The topological polar surface area (TPSA) is 61.2 Å². The first-order chi connectivity index (χ1) is 9.61. The zero-order valence-electron chi connectivity index (χ0n) is 12.0. The second-order valence-electron chi connectivity index (χ2n) is 5.25. The smallest absolute Gasteiger partial charge is 0.231 e. The fraction of sp³-hybridized carbons (Fsp3) is 0.500. The molecule has 0 spiro atoms. The first-order valence-electron chi connectivity index (χ1n) is 6.72. The molecule has 1 unspecified atom stereocenters. The lowest BCUT2D eigenvalue weighted by molar-refractivity contribution is -0.895. The average molecular weight is 279 g/mol. The number of likely N-dealkylation sites (N-methyl/N-ethyl adjacent to an activating group) is 1. The maximum absolute atomic E-state index is 11.5. The molecule has 0 saturated heterocycles. The second kappa shape index (κ2) is 4.86. The lowest BCUT2D eigenvalue weighted by Gasteiger charge is -2.27. The van der Waals surface area contributed by atoms with E-state index in [0.717, 1.165) is 42.1 Å². The number of carbonyl (C=O) groups is 1. The SMILES string of the molecule is COc1c2c(c(NC(C)=O)c3c1OCO3)CC[NH+](C)C2. The van der Waals surface area contributed by atoms with E-state index in [2.05, 4.69) is 12.4 Å². The molecule has 20 heavy (non-hydrogen) atoms. The van der Waals surface area contributed by atoms with Gasteiger partial charge in [-0.3, -0.25) is 4.79 Å². The molecule has 2 N–H and O–H groups in total. The van der Waals surface area contributed by atoms with E-state index in [-0.39, 0.29) is 12.7 Å². The Hall–Kier alpha value is -1.95. The molecular weight excluding hydrogens is 260 g/mol. The van der Waals surface area contributed by atoms with E-state index < -0.39 is 0 Å². The maximum atomic E-state index is 11.5. The summed E-state index contributed by atoms with van der Waals surface area (Å²) in [4.78, 5) is 12.9. The Morgan fingerprint density at radius 1 is 1.30 bits per heavy atom.